The van der Waals surface area contributed by atoms with E-state index in [0.717, 1.165) is 0 Å². The molecule has 1 amide bonds. The fraction of sp³-hybridized carbons (Fsp3) is 0. The Bertz CT molecular complexity index is 450. The average Bonchev–Trinajstić information content (AvgIpc) is 2.23. The van der Waals surface area contributed by atoms with Crippen molar-refractivity contribution >= 4 is 46.7 Å². The van der Waals surface area contributed by atoms with E-state index in [1.165, 1.54) is 12.1 Å². The molecule has 1 rings (SSSR count). The number of hydrogen-bond donors (Lipinski definition) is 2. The van der Waals surface area contributed by atoms with Gasteiger partial charge in [0.1, 0.15) is 5.02 Å². The van der Waals surface area contributed by atoms with Crippen molar-refractivity contribution in [3.8, 4) is 5.75 Å². The van der Waals surface area contributed by atoms with Crippen LogP contribution in [0.4, 0.5) is 0 Å². The molecule has 0 aromatic heterocycles. The summed E-state index contributed by atoms with van der Waals surface area (Å²) in [5.41, 5.74) is 1.61. The third-order valence-electron chi connectivity index (χ3n) is 1.48. The number of esters is 1. The number of rotatable bonds is 1. The molecule has 0 saturated carbocycles. The standard InChI is InChI=1S/C8H5Cl3N2O3/c9-3-1-4(10)6(11)5(2-3)16-8(15)7(14)13-12/h1-2H,12H2,(H,13,14). The first kappa shape index (κ1) is 13.1. The van der Waals surface area contributed by atoms with Crippen molar-refractivity contribution in [2.24, 2.45) is 5.84 Å². The molecule has 0 saturated heterocycles. The molecule has 0 unspecified atom stereocenters. The first-order chi connectivity index (χ1) is 7.45. The molecular formula is C8H5Cl3N2O3. The minimum Gasteiger partial charge on any atom is -0.418 e. The molecule has 16 heavy (non-hydrogen) atoms. The van der Waals surface area contributed by atoms with E-state index in [4.69, 9.17) is 40.6 Å². The highest BCUT2D eigenvalue weighted by atomic mass is 35.5. The summed E-state index contributed by atoms with van der Waals surface area (Å²) in [4.78, 5) is 21.8. The quantitative estimate of drug-likeness (QED) is 0.156. The Balaban J connectivity index is 2.97. The maximum Gasteiger partial charge on any atom is 0.403 e. The number of hydrogen-bond acceptors (Lipinski definition) is 4. The Morgan fingerprint density at radius 3 is 2.44 bits per heavy atom. The lowest BCUT2D eigenvalue weighted by Crippen LogP contribution is -2.38. The van der Waals surface area contributed by atoms with E-state index < -0.39 is 11.9 Å². The summed E-state index contributed by atoms with van der Waals surface area (Å²) >= 11 is 17.1. The van der Waals surface area contributed by atoms with Crippen LogP contribution in [-0.2, 0) is 9.59 Å². The highest BCUT2D eigenvalue weighted by molar-refractivity contribution is 6.44. The summed E-state index contributed by atoms with van der Waals surface area (Å²) in [6.07, 6.45) is 0. The number of benzene rings is 1. The Kier molecular flexibility index (Phi) is 4.37. The molecule has 0 aliphatic heterocycles. The predicted octanol–water partition coefficient (Wildman–Crippen LogP) is 1.54. The molecule has 0 heterocycles. The van der Waals surface area contributed by atoms with Crippen LogP contribution in [0, 0.1) is 0 Å². The second-order valence-corrected chi connectivity index (χ2v) is 3.78. The smallest absolute Gasteiger partial charge is 0.403 e. The van der Waals surface area contributed by atoms with Gasteiger partial charge in [-0.25, -0.2) is 10.6 Å². The van der Waals surface area contributed by atoms with Crippen LogP contribution >= 0.6 is 34.8 Å². The van der Waals surface area contributed by atoms with Gasteiger partial charge in [-0.3, -0.25) is 10.2 Å². The van der Waals surface area contributed by atoms with Crippen LogP contribution in [0.1, 0.15) is 0 Å². The van der Waals surface area contributed by atoms with Crippen LogP contribution in [0.3, 0.4) is 0 Å². The number of amides is 1. The molecule has 0 fully saturated rings. The monoisotopic (exact) mass is 282 g/mol. The van der Waals surface area contributed by atoms with Crippen molar-refractivity contribution in [2.75, 3.05) is 0 Å². The zero-order chi connectivity index (χ0) is 12.3. The Labute approximate surface area is 105 Å². The van der Waals surface area contributed by atoms with Crippen LogP contribution in [0.2, 0.25) is 15.1 Å². The van der Waals surface area contributed by atoms with Gasteiger partial charge in [0.15, 0.2) is 5.75 Å². The Morgan fingerprint density at radius 2 is 1.88 bits per heavy atom. The molecule has 0 atom stereocenters. The summed E-state index contributed by atoms with van der Waals surface area (Å²) in [6.45, 7) is 0. The number of ether oxygens (including phenoxy) is 1. The minimum absolute atomic E-state index is 0.0239. The van der Waals surface area contributed by atoms with Crippen molar-refractivity contribution < 1.29 is 14.3 Å². The largest absolute Gasteiger partial charge is 0.418 e. The fourth-order valence-corrected chi connectivity index (χ4v) is 1.43. The molecule has 0 aliphatic carbocycles. The second-order valence-electron chi connectivity index (χ2n) is 2.56. The molecule has 0 spiro atoms. The first-order valence-corrected chi connectivity index (χ1v) is 4.96. The van der Waals surface area contributed by atoms with Gasteiger partial charge < -0.3 is 4.74 Å². The number of carbonyl (C=O) groups is 2. The van der Waals surface area contributed by atoms with E-state index >= 15 is 0 Å². The Morgan fingerprint density at radius 1 is 1.25 bits per heavy atom. The number of hydrazine groups is 1. The van der Waals surface area contributed by atoms with E-state index in [-0.39, 0.29) is 20.8 Å². The van der Waals surface area contributed by atoms with E-state index in [1.54, 1.807) is 5.43 Å². The molecule has 0 bridgehead atoms. The molecule has 8 heteroatoms. The summed E-state index contributed by atoms with van der Waals surface area (Å²) in [7, 11) is 0. The highest BCUT2D eigenvalue weighted by Crippen LogP contribution is 2.35. The van der Waals surface area contributed by atoms with Crippen molar-refractivity contribution in [1.29, 1.82) is 0 Å². The third-order valence-corrected chi connectivity index (χ3v) is 2.48. The van der Waals surface area contributed by atoms with Gasteiger partial charge in [0, 0.05) is 11.1 Å². The van der Waals surface area contributed by atoms with Crippen molar-refractivity contribution in [2.45, 2.75) is 0 Å². The molecular weight excluding hydrogens is 278 g/mol. The van der Waals surface area contributed by atoms with E-state index in [2.05, 4.69) is 4.74 Å². The van der Waals surface area contributed by atoms with Gasteiger partial charge in [-0.15, -0.1) is 0 Å². The molecule has 5 nitrogen and oxygen atoms in total. The van der Waals surface area contributed by atoms with Crippen molar-refractivity contribution in [3.05, 3.63) is 27.2 Å². The summed E-state index contributed by atoms with van der Waals surface area (Å²) in [5, 5.41) is 0.291. The van der Waals surface area contributed by atoms with Crippen LogP contribution < -0.4 is 16.0 Å². The van der Waals surface area contributed by atoms with E-state index in [0.29, 0.717) is 0 Å². The van der Waals surface area contributed by atoms with E-state index in [9.17, 15) is 9.59 Å². The topological polar surface area (TPSA) is 81.4 Å². The van der Waals surface area contributed by atoms with Gasteiger partial charge in [0.2, 0.25) is 0 Å². The highest BCUT2D eigenvalue weighted by Gasteiger charge is 2.18. The second kappa shape index (κ2) is 5.36. The lowest BCUT2D eigenvalue weighted by Gasteiger charge is -2.06. The van der Waals surface area contributed by atoms with Crippen LogP contribution in [0.15, 0.2) is 12.1 Å². The average molecular weight is 283 g/mol. The number of carbonyl (C=O) groups excluding carboxylic acids is 2. The Hall–Kier alpha value is -1.01. The van der Waals surface area contributed by atoms with Gasteiger partial charge in [-0.2, -0.15) is 0 Å². The van der Waals surface area contributed by atoms with Crippen LogP contribution in [0.5, 0.6) is 5.75 Å². The SMILES string of the molecule is NNC(=O)C(=O)Oc1cc(Cl)cc(Cl)c1Cl. The number of nitrogens with two attached hydrogens (primary N) is 1. The van der Waals surface area contributed by atoms with Gasteiger partial charge in [-0.1, -0.05) is 34.8 Å². The summed E-state index contributed by atoms with van der Waals surface area (Å²) < 4.78 is 4.63. The molecule has 3 N–H and O–H groups in total. The maximum atomic E-state index is 11.1. The van der Waals surface area contributed by atoms with Crippen LogP contribution in [0.25, 0.3) is 0 Å². The zero-order valence-corrected chi connectivity index (χ0v) is 9.86. The molecule has 0 aliphatic rings. The minimum atomic E-state index is -1.22. The normalized spacial score (nSPS) is 9.75. The fourth-order valence-electron chi connectivity index (χ4n) is 0.812. The van der Waals surface area contributed by atoms with Crippen molar-refractivity contribution in [3.63, 3.8) is 0 Å². The molecule has 1 aromatic carbocycles. The van der Waals surface area contributed by atoms with Crippen molar-refractivity contribution in [1.82, 2.24) is 5.43 Å². The summed E-state index contributed by atoms with van der Waals surface area (Å²) in [5.74, 6) is 2.28. The first-order valence-electron chi connectivity index (χ1n) is 3.83. The van der Waals surface area contributed by atoms with E-state index in [1.807, 2.05) is 0 Å². The van der Waals surface area contributed by atoms with Gasteiger partial charge >= 0.3 is 11.9 Å². The summed E-state index contributed by atoms with van der Waals surface area (Å²) in [6, 6.07) is 2.61. The molecule has 0 radical (unpaired) electrons. The van der Waals surface area contributed by atoms with Gasteiger partial charge in [0.25, 0.3) is 0 Å². The van der Waals surface area contributed by atoms with Crippen LogP contribution in [-0.4, -0.2) is 11.9 Å². The van der Waals surface area contributed by atoms with Gasteiger partial charge in [0.05, 0.1) is 5.02 Å². The molecule has 86 valence electrons. The predicted molar refractivity (Wildman–Crippen MR) is 59.4 cm³/mol. The molecule has 1 aromatic rings. The lowest BCUT2D eigenvalue weighted by molar-refractivity contribution is -0.148. The lowest BCUT2D eigenvalue weighted by atomic mass is 10.3. The number of halogens is 3. The third kappa shape index (κ3) is 2.99. The number of nitrogens with one attached hydrogen (secondary N) is 1. The zero-order valence-electron chi connectivity index (χ0n) is 7.59. The van der Waals surface area contributed by atoms with Gasteiger partial charge in [-0.05, 0) is 6.07 Å². The maximum absolute atomic E-state index is 11.1.